The van der Waals surface area contributed by atoms with Gasteiger partial charge in [-0.25, -0.2) is 9.97 Å². The van der Waals surface area contributed by atoms with Crippen molar-refractivity contribution in [1.82, 2.24) is 9.97 Å². The standard InChI is InChI=1S/C15H21N3S/c1-9-5-4-6-12(7-9)18-14-13-10(2)11(3)19-15(13)17-8-16-14/h8-9,12H,4-7H2,1-3H3,(H,16,17,18). The third-order valence-electron chi connectivity index (χ3n) is 4.24. The number of hydrogen-bond donors (Lipinski definition) is 1. The first-order valence-corrected chi connectivity index (χ1v) is 7.94. The van der Waals surface area contributed by atoms with E-state index in [2.05, 4.69) is 36.1 Å². The molecule has 2 atom stereocenters. The Morgan fingerprint density at radius 3 is 2.89 bits per heavy atom. The first kappa shape index (κ1) is 12.9. The van der Waals surface area contributed by atoms with Gasteiger partial charge < -0.3 is 5.32 Å². The van der Waals surface area contributed by atoms with E-state index < -0.39 is 0 Å². The molecule has 1 aliphatic rings. The Morgan fingerprint density at radius 2 is 2.11 bits per heavy atom. The Hall–Kier alpha value is -1.16. The Labute approximate surface area is 118 Å². The largest absolute Gasteiger partial charge is 0.367 e. The van der Waals surface area contributed by atoms with Gasteiger partial charge in [0.25, 0.3) is 0 Å². The summed E-state index contributed by atoms with van der Waals surface area (Å²) in [5.74, 6) is 1.86. The van der Waals surface area contributed by atoms with Crippen LogP contribution in [0.15, 0.2) is 6.33 Å². The lowest BCUT2D eigenvalue weighted by Crippen LogP contribution is -2.26. The van der Waals surface area contributed by atoms with Gasteiger partial charge in [-0.3, -0.25) is 0 Å². The number of fused-ring (bicyclic) bond motifs is 1. The summed E-state index contributed by atoms with van der Waals surface area (Å²) in [6, 6.07) is 0.571. The van der Waals surface area contributed by atoms with Crippen LogP contribution in [0, 0.1) is 19.8 Å². The number of hydrogen-bond acceptors (Lipinski definition) is 4. The molecule has 1 saturated carbocycles. The average Bonchev–Trinajstić information content (AvgIpc) is 2.66. The topological polar surface area (TPSA) is 37.8 Å². The number of thiophene rings is 1. The molecule has 1 fully saturated rings. The van der Waals surface area contributed by atoms with Crippen molar-refractivity contribution in [1.29, 1.82) is 0 Å². The van der Waals surface area contributed by atoms with Crippen LogP contribution in [0.1, 0.15) is 43.0 Å². The highest BCUT2D eigenvalue weighted by Crippen LogP contribution is 2.34. The van der Waals surface area contributed by atoms with E-state index in [0.29, 0.717) is 6.04 Å². The fraction of sp³-hybridized carbons (Fsp3) is 0.600. The zero-order chi connectivity index (χ0) is 13.4. The van der Waals surface area contributed by atoms with Crippen molar-refractivity contribution in [2.45, 2.75) is 52.5 Å². The Balaban J connectivity index is 1.92. The number of nitrogens with one attached hydrogen (secondary N) is 1. The molecule has 3 nitrogen and oxygen atoms in total. The fourth-order valence-electron chi connectivity index (χ4n) is 3.05. The lowest BCUT2D eigenvalue weighted by atomic mass is 9.87. The van der Waals surface area contributed by atoms with E-state index in [1.807, 2.05) is 0 Å². The van der Waals surface area contributed by atoms with E-state index >= 15 is 0 Å². The van der Waals surface area contributed by atoms with Crippen LogP contribution < -0.4 is 5.32 Å². The molecule has 0 saturated heterocycles. The predicted molar refractivity (Wildman–Crippen MR) is 81.9 cm³/mol. The Kier molecular flexibility index (Phi) is 3.44. The van der Waals surface area contributed by atoms with E-state index in [1.165, 1.54) is 41.5 Å². The molecular formula is C15H21N3S. The van der Waals surface area contributed by atoms with Gasteiger partial charge in [-0.1, -0.05) is 19.8 Å². The number of nitrogens with zero attached hydrogens (tertiary/aromatic N) is 2. The number of aromatic nitrogens is 2. The minimum absolute atomic E-state index is 0.571. The van der Waals surface area contributed by atoms with Crippen molar-refractivity contribution in [2.24, 2.45) is 5.92 Å². The van der Waals surface area contributed by atoms with E-state index in [0.717, 1.165) is 16.6 Å². The molecule has 102 valence electrons. The Bertz CT molecular complexity index is 590. The van der Waals surface area contributed by atoms with Gasteiger partial charge in [0, 0.05) is 10.9 Å². The van der Waals surface area contributed by atoms with Gasteiger partial charge >= 0.3 is 0 Å². The molecule has 0 aromatic carbocycles. The number of anilines is 1. The van der Waals surface area contributed by atoms with Gasteiger partial charge in [0.05, 0.1) is 5.39 Å². The van der Waals surface area contributed by atoms with E-state index in [4.69, 9.17) is 0 Å². The lowest BCUT2D eigenvalue weighted by molar-refractivity contribution is 0.358. The van der Waals surface area contributed by atoms with Crippen LogP contribution in [-0.2, 0) is 0 Å². The average molecular weight is 275 g/mol. The van der Waals surface area contributed by atoms with Crippen LogP contribution >= 0.6 is 11.3 Å². The fourth-order valence-corrected chi connectivity index (χ4v) is 4.05. The summed E-state index contributed by atoms with van der Waals surface area (Å²) in [6.45, 7) is 6.68. The molecule has 1 N–H and O–H groups in total. The number of aryl methyl sites for hydroxylation is 2. The maximum absolute atomic E-state index is 4.48. The second kappa shape index (κ2) is 5.08. The van der Waals surface area contributed by atoms with Crippen molar-refractivity contribution < 1.29 is 0 Å². The summed E-state index contributed by atoms with van der Waals surface area (Å²) in [5, 5.41) is 4.89. The molecule has 0 radical (unpaired) electrons. The second-order valence-corrected chi connectivity index (χ2v) is 7.00. The molecule has 2 aromatic heterocycles. The maximum Gasteiger partial charge on any atom is 0.138 e. The van der Waals surface area contributed by atoms with Crippen LogP contribution in [0.5, 0.6) is 0 Å². The molecule has 2 aromatic rings. The Morgan fingerprint density at radius 1 is 1.26 bits per heavy atom. The van der Waals surface area contributed by atoms with Gasteiger partial charge in [0.15, 0.2) is 0 Å². The van der Waals surface area contributed by atoms with Crippen molar-refractivity contribution in [3.8, 4) is 0 Å². The zero-order valence-electron chi connectivity index (χ0n) is 11.9. The monoisotopic (exact) mass is 275 g/mol. The molecule has 2 unspecified atom stereocenters. The molecule has 3 rings (SSSR count). The summed E-state index contributed by atoms with van der Waals surface area (Å²) in [7, 11) is 0. The van der Waals surface area contributed by atoms with Crippen LogP contribution in [0.4, 0.5) is 5.82 Å². The molecule has 4 heteroatoms. The SMILES string of the molecule is Cc1sc2ncnc(NC3CCCC(C)C3)c2c1C. The maximum atomic E-state index is 4.48. The van der Waals surface area contributed by atoms with Crippen LogP contribution in [0.25, 0.3) is 10.2 Å². The molecule has 19 heavy (non-hydrogen) atoms. The normalized spacial score (nSPS) is 23.7. The summed E-state index contributed by atoms with van der Waals surface area (Å²) < 4.78 is 0. The summed E-state index contributed by atoms with van der Waals surface area (Å²) in [6.07, 6.45) is 6.90. The number of rotatable bonds is 2. The molecule has 0 amide bonds. The lowest BCUT2D eigenvalue weighted by Gasteiger charge is -2.28. The smallest absolute Gasteiger partial charge is 0.138 e. The molecule has 2 heterocycles. The second-order valence-electron chi connectivity index (χ2n) is 5.80. The summed E-state index contributed by atoms with van der Waals surface area (Å²) >= 11 is 1.76. The minimum atomic E-state index is 0.571. The molecule has 1 aliphatic carbocycles. The third-order valence-corrected chi connectivity index (χ3v) is 5.36. The summed E-state index contributed by atoms with van der Waals surface area (Å²) in [4.78, 5) is 11.3. The van der Waals surface area contributed by atoms with Gasteiger partial charge in [-0.05, 0) is 38.2 Å². The quantitative estimate of drug-likeness (QED) is 0.888. The van der Waals surface area contributed by atoms with E-state index in [1.54, 1.807) is 17.7 Å². The molecule has 0 bridgehead atoms. The van der Waals surface area contributed by atoms with Crippen LogP contribution in [-0.4, -0.2) is 16.0 Å². The van der Waals surface area contributed by atoms with E-state index in [-0.39, 0.29) is 0 Å². The van der Waals surface area contributed by atoms with Crippen LogP contribution in [0.2, 0.25) is 0 Å². The van der Waals surface area contributed by atoms with Gasteiger partial charge in [0.1, 0.15) is 17.0 Å². The van der Waals surface area contributed by atoms with Gasteiger partial charge in [-0.15, -0.1) is 11.3 Å². The van der Waals surface area contributed by atoms with Gasteiger partial charge in [-0.2, -0.15) is 0 Å². The van der Waals surface area contributed by atoms with Crippen molar-refractivity contribution in [2.75, 3.05) is 5.32 Å². The van der Waals surface area contributed by atoms with Crippen molar-refractivity contribution in [3.05, 3.63) is 16.8 Å². The van der Waals surface area contributed by atoms with Crippen molar-refractivity contribution >= 4 is 27.4 Å². The van der Waals surface area contributed by atoms with Crippen LogP contribution in [0.3, 0.4) is 0 Å². The first-order valence-electron chi connectivity index (χ1n) is 7.12. The highest BCUT2D eigenvalue weighted by atomic mass is 32.1. The minimum Gasteiger partial charge on any atom is -0.367 e. The van der Waals surface area contributed by atoms with E-state index in [9.17, 15) is 0 Å². The van der Waals surface area contributed by atoms with Gasteiger partial charge in [0.2, 0.25) is 0 Å². The highest BCUT2D eigenvalue weighted by Gasteiger charge is 2.20. The molecule has 0 aliphatic heterocycles. The van der Waals surface area contributed by atoms with Crippen molar-refractivity contribution in [3.63, 3.8) is 0 Å². The molecular weight excluding hydrogens is 254 g/mol. The zero-order valence-corrected chi connectivity index (χ0v) is 12.7. The summed E-state index contributed by atoms with van der Waals surface area (Å²) in [5.41, 5.74) is 1.33. The predicted octanol–water partition coefficient (Wildman–Crippen LogP) is 4.30. The molecule has 0 spiro atoms. The third kappa shape index (κ3) is 2.46. The first-order chi connectivity index (χ1) is 9.15. The highest BCUT2D eigenvalue weighted by molar-refractivity contribution is 7.18.